The van der Waals surface area contributed by atoms with Gasteiger partial charge in [-0.1, -0.05) is 51.3 Å². The molecule has 9 heteroatoms. The number of halogens is 3. The van der Waals surface area contributed by atoms with Gasteiger partial charge in [-0.25, -0.2) is 13.1 Å². The van der Waals surface area contributed by atoms with Crippen LogP contribution in [0.25, 0.3) is 0 Å². The molecule has 0 spiro atoms. The van der Waals surface area contributed by atoms with Crippen LogP contribution in [-0.2, 0) is 20.2 Å². The summed E-state index contributed by atoms with van der Waals surface area (Å²) in [6.45, 7) is 0. The van der Waals surface area contributed by atoms with Crippen LogP contribution in [-0.4, -0.2) is 14.3 Å². The van der Waals surface area contributed by atoms with E-state index in [1.165, 1.54) is 6.07 Å². The van der Waals surface area contributed by atoms with Gasteiger partial charge < -0.3 is 0 Å². The zero-order valence-electron chi connectivity index (χ0n) is 11.5. The molecule has 0 saturated heterocycles. The van der Waals surface area contributed by atoms with Crippen molar-refractivity contribution in [2.45, 2.75) is 23.2 Å². The van der Waals surface area contributed by atoms with Gasteiger partial charge >= 0.3 is 0 Å². The third-order valence-electron chi connectivity index (χ3n) is 3.72. The molecule has 23 heavy (non-hydrogen) atoms. The molecule has 1 heterocycles. The van der Waals surface area contributed by atoms with Gasteiger partial charge in [0.1, 0.15) is 9.23 Å². The molecule has 122 valence electrons. The minimum absolute atomic E-state index is 0.0313. The van der Waals surface area contributed by atoms with Gasteiger partial charge in [-0.3, -0.25) is 4.79 Å². The van der Waals surface area contributed by atoms with E-state index < -0.39 is 21.3 Å². The fraction of sp³-hybridized carbons (Fsp3) is 0.214. The summed E-state index contributed by atoms with van der Waals surface area (Å²) in [7, 11) is -4.04. The number of carbonyl (C=O) groups excluding carboxylic acids is 1. The first-order valence-electron chi connectivity index (χ1n) is 6.53. The summed E-state index contributed by atoms with van der Waals surface area (Å²) in [5.41, 5.74) is 0.00270. The Kier molecular flexibility index (Phi) is 4.52. The standard InChI is InChI=1S/C14H10BrCl2NO3S2/c15-9-3-1-8(2-4-9)14(5-6-14)13(19)18-23(20,21)10-7-11(16)22-12(10)17/h1-4,7H,5-6H2,(H,18,19). The molecular weight excluding hydrogens is 445 g/mol. The number of amides is 1. The topological polar surface area (TPSA) is 63.2 Å². The number of benzene rings is 1. The molecule has 1 aromatic heterocycles. The highest BCUT2D eigenvalue weighted by Crippen LogP contribution is 2.49. The monoisotopic (exact) mass is 453 g/mol. The molecule has 1 N–H and O–H groups in total. The third-order valence-corrected chi connectivity index (χ3v) is 7.34. The summed E-state index contributed by atoms with van der Waals surface area (Å²) in [4.78, 5) is 12.4. The van der Waals surface area contributed by atoms with Crippen molar-refractivity contribution in [1.29, 1.82) is 0 Å². The first-order valence-corrected chi connectivity index (χ1v) is 10.4. The Hall–Kier alpha value is -0.600. The molecule has 4 nitrogen and oxygen atoms in total. The van der Waals surface area contributed by atoms with Gasteiger partial charge in [-0.2, -0.15) is 0 Å². The zero-order valence-corrected chi connectivity index (χ0v) is 16.2. The van der Waals surface area contributed by atoms with Crippen LogP contribution in [0.5, 0.6) is 0 Å². The summed E-state index contributed by atoms with van der Waals surface area (Å²) in [6, 6.07) is 8.53. The predicted octanol–water partition coefficient (Wildman–Crippen LogP) is 4.35. The van der Waals surface area contributed by atoms with E-state index in [2.05, 4.69) is 20.7 Å². The second kappa shape index (κ2) is 6.04. The summed E-state index contributed by atoms with van der Waals surface area (Å²) in [5.74, 6) is -0.543. The van der Waals surface area contributed by atoms with Crippen molar-refractivity contribution < 1.29 is 13.2 Å². The second-order valence-corrected chi connectivity index (χ2v) is 10.1. The van der Waals surface area contributed by atoms with E-state index in [4.69, 9.17) is 23.2 Å². The molecule has 1 saturated carbocycles. The molecule has 0 radical (unpaired) electrons. The van der Waals surface area contributed by atoms with Crippen LogP contribution in [0.1, 0.15) is 18.4 Å². The number of thiophene rings is 1. The van der Waals surface area contributed by atoms with Crippen LogP contribution in [0.2, 0.25) is 8.67 Å². The molecule has 1 aliphatic rings. The van der Waals surface area contributed by atoms with Crippen molar-refractivity contribution in [2.24, 2.45) is 0 Å². The lowest BCUT2D eigenvalue weighted by Crippen LogP contribution is -2.38. The average molecular weight is 455 g/mol. The molecule has 3 rings (SSSR count). The molecular formula is C14H10BrCl2NO3S2. The first kappa shape index (κ1) is 17.2. The predicted molar refractivity (Wildman–Crippen MR) is 94.7 cm³/mol. The lowest BCUT2D eigenvalue weighted by molar-refractivity contribution is -0.121. The van der Waals surface area contributed by atoms with Crippen LogP contribution >= 0.6 is 50.5 Å². The Labute approximate surface area is 156 Å². The van der Waals surface area contributed by atoms with E-state index in [0.717, 1.165) is 21.4 Å². The van der Waals surface area contributed by atoms with Gasteiger partial charge in [-0.15, -0.1) is 11.3 Å². The van der Waals surface area contributed by atoms with Crippen LogP contribution in [0.4, 0.5) is 0 Å². The van der Waals surface area contributed by atoms with E-state index in [1.807, 2.05) is 24.3 Å². The van der Waals surface area contributed by atoms with Crippen molar-refractivity contribution in [3.63, 3.8) is 0 Å². The Morgan fingerprint density at radius 2 is 1.83 bits per heavy atom. The number of carbonyl (C=O) groups is 1. The van der Waals surface area contributed by atoms with E-state index in [-0.39, 0.29) is 13.6 Å². The number of rotatable bonds is 4. The lowest BCUT2D eigenvalue weighted by atomic mass is 9.96. The molecule has 1 fully saturated rings. The molecule has 0 bridgehead atoms. The fourth-order valence-corrected chi connectivity index (χ4v) is 5.79. The summed E-state index contributed by atoms with van der Waals surface area (Å²) >= 11 is 15.9. The summed E-state index contributed by atoms with van der Waals surface area (Å²) < 4.78 is 28.0. The summed E-state index contributed by atoms with van der Waals surface area (Å²) in [6.07, 6.45) is 1.21. The molecule has 0 unspecified atom stereocenters. The highest BCUT2D eigenvalue weighted by Gasteiger charge is 2.52. The highest BCUT2D eigenvalue weighted by molar-refractivity contribution is 9.10. The van der Waals surface area contributed by atoms with Crippen LogP contribution < -0.4 is 4.72 Å². The SMILES string of the molecule is O=C(NS(=O)(=O)c1cc(Cl)sc1Cl)C1(c2ccc(Br)cc2)CC1. The Morgan fingerprint density at radius 3 is 2.30 bits per heavy atom. The van der Waals surface area contributed by atoms with Gasteiger partial charge in [0, 0.05) is 4.47 Å². The number of nitrogens with one attached hydrogen (secondary N) is 1. The second-order valence-electron chi connectivity index (χ2n) is 5.21. The van der Waals surface area contributed by atoms with Gasteiger partial charge in [-0.05, 0) is 36.6 Å². The lowest BCUT2D eigenvalue weighted by Gasteiger charge is -2.15. The average Bonchev–Trinajstić information content (AvgIpc) is 3.19. The Bertz CT molecular complexity index is 874. The Balaban J connectivity index is 1.87. The molecule has 1 aromatic carbocycles. The van der Waals surface area contributed by atoms with Gasteiger partial charge in [0.25, 0.3) is 10.0 Å². The maximum atomic E-state index is 12.5. The van der Waals surface area contributed by atoms with Gasteiger partial charge in [0.05, 0.1) is 9.75 Å². The number of hydrogen-bond acceptors (Lipinski definition) is 4. The zero-order chi connectivity index (χ0) is 16.8. The highest BCUT2D eigenvalue weighted by atomic mass is 79.9. The van der Waals surface area contributed by atoms with Crippen molar-refractivity contribution in [3.8, 4) is 0 Å². The van der Waals surface area contributed by atoms with Crippen LogP contribution in [0.15, 0.2) is 39.7 Å². The maximum absolute atomic E-state index is 12.5. The van der Waals surface area contributed by atoms with Crippen molar-refractivity contribution in [3.05, 3.63) is 49.0 Å². The van der Waals surface area contributed by atoms with Gasteiger partial charge in [0.15, 0.2) is 0 Å². The van der Waals surface area contributed by atoms with E-state index in [1.54, 1.807) is 0 Å². The largest absolute Gasteiger partial charge is 0.273 e. The first-order chi connectivity index (χ1) is 10.7. The smallest absolute Gasteiger partial charge is 0.266 e. The molecule has 0 atom stereocenters. The van der Waals surface area contributed by atoms with Crippen LogP contribution in [0, 0.1) is 0 Å². The molecule has 1 amide bonds. The molecule has 1 aliphatic carbocycles. The van der Waals surface area contributed by atoms with E-state index in [0.29, 0.717) is 12.8 Å². The Morgan fingerprint density at radius 1 is 1.22 bits per heavy atom. The van der Waals surface area contributed by atoms with Crippen molar-refractivity contribution in [2.75, 3.05) is 0 Å². The van der Waals surface area contributed by atoms with E-state index in [9.17, 15) is 13.2 Å². The van der Waals surface area contributed by atoms with Crippen molar-refractivity contribution in [1.82, 2.24) is 4.72 Å². The minimum Gasteiger partial charge on any atom is -0.273 e. The van der Waals surface area contributed by atoms with Gasteiger partial charge in [0.2, 0.25) is 5.91 Å². The maximum Gasteiger partial charge on any atom is 0.266 e. The number of hydrogen-bond donors (Lipinski definition) is 1. The molecule has 0 aliphatic heterocycles. The van der Waals surface area contributed by atoms with Crippen molar-refractivity contribution >= 4 is 66.4 Å². The van der Waals surface area contributed by atoms with E-state index >= 15 is 0 Å². The number of sulfonamides is 1. The van der Waals surface area contributed by atoms with Crippen LogP contribution in [0.3, 0.4) is 0 Å². The third kappa shape index (κ3) is 3.30. The molecule has 2 aromatic rings. The quantitative estimate of drug-likeness (QED) is 0.746. The summed E-state index contributed by atoms with van der Waals surface area (Å²) in [5, 5.41) is 0. The normalized spacial score (nSPS) is 16.1. The fourth-order valence-electron chi connectivity index (χ4n) is 2.32. The minimum atomic E-state index is -4.04.